The van der Waals surface area contributed by atoms with Crippen LogP contribution in [-0.2, 0) is 14.8 Å². The van der Waals surface area contributed by atoms with Crippen LogP contribution in [0.25, 0.3) is 0 Å². The monoisotopic (exact) mass is 327 g/mol. The molecule has 0 aromatic heterocycles. The summed E-state index contributed by atoms with van der Waals surface area (Å²) >= 11 is 0. The van der Waals surface area contributed by atoms with Crippen molar-refractivity contribution in [3.05, 3.63) is 35.4 Å². The zero-order valence-corrected chi connectivity index (χ0v) is 13.3. The molecule has 0 radical (unpaired) electrons. The number of carboxylic acids is 1. The summed E-state index contributed by atoms with van der Waals surface area (Å²) in [5.74, 6) is -1.04. The highest BCUT2D eigenvalue weighted by molar-refractivity contribution is 7.89. The number of rotatable bonds is 6. The molecule has 1 heterocycles. The molecule has 2 N–H and O–H groups in total. The fraction of sp³-hybridized carbons (Fsp3) is 0.533. The normalized spacial score (nSPS) is 20.5. The maximum absolute atomic E-state index is 12.2. The van der Waals surface area contributed by atoms with Crippen LogP contribution in [0.15, 0.2) is 24.3 Å². The molecule has 1 aromatic rings. The van der Waals surface area contributed by atoms with E-state index in [1.165, 1.54) is 12.1 Å². The Bertz CT molecular complexity index is 605. The Hall–Kier alpha value is -1.44. The van der Waals surface area contributed by atoms with Crippen molar-refractivity contribution in [2.45, 2.75) is 38.3 Å². The first-order valence-corrected chi connectivity index (χ1v) is 8.97. The van der Waals surface area contributed by atoms with Crippen molar-refractivity contribution in [2.75, 3.05) is 12.4 Å². The average Bonchev–Trinajstić information content (AvgIpc) is 2.47. The molecule has 1 unspecified atom stereocenters. The Morgan fingerprint density at radius 3 is 2.59 bits per heavy atom. The highest BCUT2D eigenvalue weighted by Crippen LogP contribution is 2.17. The Morgan fingerprint density at radius 2 is 2.05 bits per heavy atom. The molecule has 1 saturated heterocycles. The Balaban J connectivity index is 1.97. The molecule has 1 aliphatic heterocycles. The van der Waals surface area contributed by atoms with Crippen LogP contribution in [0.4, 0.5) is 0 Å². The van der Waals surface area contributed by atoms with E-state index in [1.54, 1.807) is 19.1 Å². The van der Waals surface area contributed by atoms with Gasteiger partial charge in [0.15, 0.2) is 0 Å². The van der Waals surface area contributed by atoms with E-state index < -0.39 is 22.0 Å². The second kappa shape index (κ2) is 7.21. The highest BCUT2D eigenvalue weighted by Gasteiger charge is 2.23. The van der Waals surface area contributed by atoms with E-state index in [-0.39, 0.29) is 17.4 Å². The number of hydrogen-bond acceptors (Lipinski definition) is 4. The maximum atomic E-state index is 12.2. The van der Waals surface area contributed by atoms with Crippen LogP contribution in [0.5, 0.6) is 0 Å². The zero-order valence-electron chi connectivity index (χ0n) is 12.5. The number of hydrogen-bond donors (Lipinski definition) is 2. The molecule has 122 valence electrons. The van der Waals surface area contributed by atoms with Crippen LogP contribution in [0.1, 0.15) is 48.1 Å². The van der Waals surface area contributed by atoms with Gasteiger partial charge < -0.3 is 9.84 Å². The number of sulfonamides is 1. The van der Waals surface area contributed by atoms with Crippen LogP contribution >= 0.6 is 0 Å². The lowest BCUT2D eigenvalue weighted by Gasteiger charge is -2.23. The topological polar surface area (TPSA) is 92.7 Å². The van der Waals surface area contributed by atoms with E-state index in [2.05, 4.69) is 4.72 Å². The summed E-state index contributed by atoms with van der Waals surface area (Å²) in [6, 6.07) is 5.75. The molecular formula is C15H21NO5S. The number of ether oxygens (including phenoxy) is 1. The molecule has 1 fully saturated rings. The summed E-state index contributed by atoms with van der Waals surface area (Å²) < 4.78 is 32.4. The van der Waals surface area contributed by atoms with Crippen molar-refractivity contribution in [3.63, 3.8) is 0 Å². The number of carbonyl (C=O) groups is 1. The number of carboxylic acid groups (broad SMARTS) is 1. The Kier molecular flexibility index (Phi) is 5.55. The molecule has 22 heavy (non-hydrogen) atoms. The van der Waals surface area contributed by atoms with E-state index in [9.17, 15) is 13.2 Å². The highest BCUT2D eigenvalue weighted by atomic mass is 32.2. The minimum Gasteiger partial charge on any atom is -0.478 e. The largest absolute Gasteiger partial charge is 0.478 e. The predicted molar refractivity (Wildman–Crippen MR) is 82.3 cm³/mol. The van der Waals surface area contributed by atoms with Crippen LogP contribution < -0.4 is 4.72 Å². The molecular weight excluding hydrogens is 306 g/mol. The maximum Gasteiger partial charge on any atom is 0.335 e. The van der Waals surface area contributed by atoms with Gasteiger partial charge in [0.2, 0.25) is 10.0 Å². The van der Waals surface area contributed by atoms with Crippen LogP contribution in [0, 0.1) is 0 Å². The van der Waals surface area contributed by atoms with Crippen molar-refractivity contribution in [3.8, 4) is 0 Å². The number of nitrogens with one attached hydrogen (secondary N) is 1. The molecule has 2 atom stereocenters. The Labute approximate surface area is 130 Å². The van der Waals surface area contributed by atoms with Crippen molar-refractivity contribution >= 4 is 16.0 Å². The molecule has 1 aromatic carbocycles. The van der Waals surface area contributed by atoms with Crippen LogP contribution in [-0.4, -0.2) is 38.0 Å². The van der Waals surface area contributed by atoms with E-state index in [4.69, 9.17) is 9.84 Å². The molecule has 0 saturated carbocycles. The third-order valence-corrected chi connectivity index (χ3v) is 5.22. The molecule has 1 aliphatic rings. The van der Waals surface area contributed by atoms with Crippen LogP contribution in [0.2, 0.25) is 0 Å². The van der Waals surface area contributed by atoms with Gasteiger partial charge in [-0.05, 0) is 43.9 Å². The third kappa shape index (κ3) is 4.79. The quantitative estimate of drug-likeness (QED) is 0.833. The minimum atomic E-state index is -3.45. The van der Waals surface area contributed by atoms with Gasteiger partial charge in [-0.3, -0.25) is 0 Å². The zero-order chi connectivity index (χ0) is 16.2. The van der Waals surface area contributed by atoms with Crippen molar-refractivity contribution < 1.29 is 23.1 Å². The third-order valence-electron chi connectivity index (χ3n) is 3.69. The number of aromatic carboxylic acids is 1. The minimum absolute atomic E-state index is 0.0372. The first-order chi connectivity index (χ1) is 10.4. The molecule has 0 spiro atoms. The van der Waals surface area contributed by atoms with Crippen molar-refractivity contribution in [2.24, 2.45) is 0 Å². The van der Waals surface area contributed by atoms with Gasteiger partial charge in [0.1, 0.15) is 0 Å². The predicted octanol–water partition coefficient (Wildman–Crippen LogP) is 1.93. The van der Waals surface area contributed by atoms with E-state index >= 15 is 0 Å². The fourth-order valence-corrected chi connectivity index (χ4v) is 4.01. The second-order valence-corrected chi connectivity index (χ2v) is 7.34. The lowest BCUT2D eigenvalue weighted by molar-refractivity contribution is 0.0303. The molecule has 0 amide bonds. The first-order valence-electron chi connectivity index (χ1n) is 7.32. The van der Waals surface area contributed by atoms with Crippen LogP contribution in [0.3, 0.4) is 0 Å². The average molecular weight is 327 g/mol. The second-order valence-electron chi connectivity index (χ2n) is 5.54. The van der Waals surface area contributed by atoms with E-state index in [0.717, 1.165) is 24.8 Å². The van der Waals surface area contributed by atoms with Crippen molar-refractivity contribution in [1.82, 2.24) is 4.72 Å². The standard InChI is InChI=1S/C15H21NO5S/c1-11(12-5-7-13(8-6-12)15(17)18)16-22(19,20)10-14-4-2-3-9-21-14/h5-8,11,14,16H,2-4,9-10H2,1H3,(H,17,18)/t11-,14?/m0/s1. The summed E-state index contributed by atoms with van der Waals surface area (Å²) in [5, 5.41) is 8.86. The molecule has 0 bridgehead atoms. The van der Waals surface area contributed by atoms with Gasteiger partial charge in [0.05, 0.1) is 17.4 Å². The lowest BCUT2D eigenvalue weighted by Crippen LogP contribution is -2.36. The molecule has 0 aliphatic carbocycles. The van der Waals surface area contributed by atoms with Gasteiger partial charge in [-0.1, -0.05) is 12.1 Å². The van der Waals surface area contributed by atoms with Gasteiger partial charge in [-0.2, -0.15) is 0 Å². The van der Waals surface area contributed by atoms with Gasteiger partial charge in [0.25, 0.3) is 0 Å². The smallest absolute Gasteiger partial charge is 0.335 e. The summed E-state index contributed by atoms with van der Waals surface area (Å²) in [4.78, 5) is 10.8. The fourth-order valence-electron chi connectivity index (χ4n) is 2.48. The van der Waals surface area contributed by atoms with Gasteiger partial charge in [0, 0.05) is 12.6 Å². The Morgan fingerprint density at radius 1 is 1.36 bits per heavy atom. The molecule has 7 heteroatoms. The summed E-state index contributed by atoms with van der Waals surface area (Å²) in [7, 11) is -3.45. The van der Waals surface area contributed by atoms with Crippen molar-refractivity contribution in [1.29, 1.82) is 0 Å². The van der Waals surface area contributed by atoms with E-state index in [1.807, 2.05) is 0 Å². The number of benzene rings is 1. The van der Waals surface area contributed by atoms with E-state index in [0.29, 0.717) is 6.61 Å². The molecule has 2 rings (SSSR count). The van der Waals surface area contributed by atoms with Gasteiger partial charge in [-0.15, -0.1) is 0 Å². The van der Waals surface area contributed by atoms with Gasteiger partial charge in [-0.25, -0.2) is 17.9 Å². The van der Waals surface area contributed by atoms with Gasteiger partial charge >= 0.3 is 5.97 Å². The lowest BCUT2D eigenvalue weighted by atomic mass is 10.1. The first kappa shape index (κ1) is 16.9. The summed E-state index contributed by atoms with van der Waals surface area (Å²) in [5.41, 5.74) is 0.896. The molecule has 6 nitrogen and oxygen atoms in total. The summed E-state index contributed by atoms with van der Waals surface area (Å²) in [6.07, 6.45) is 2.50. The summed E-state index contributed by atoms with van der Waals surface area (Å²) in [6.45, 7) is 2.35. The SMILES string of the molecule is C[C@H](NS(=O)(=O)CC1CCCCO1)c1ccc(C(=O)O)cc1.